The fraction of sp³-hybridized carbons (Fsp3) is 0.364. The lowest BCUT2D eigenvalue weighted by Gasteiger charge is -2.07. The molecule has 0 radical (unpaired) electrons. The third-order valence-electron chi connectivity index (χ3n) is 2.21. The smallest absolute Gasteiger partial charge is 0.239 e. The van der Waals surface area contributed by atoms with Crippen LogP contribution in [0.2, 0.25) is 0 Å². The van der Waals surface area contributed by atoms with Crippen LogP contribution >= 0.6 is 0 Å². The molecule has 2 N–H and O–H groups in total. The van der Waals surface area contributed by atoms with Gasteiger partial charge in [0.2, 0.25) is 15.9 Å². The summed E-state index contributed by atoms with van der Waals surface area (Å²) in [7, 11) is -3.42. The number of hydrogen-bond acceptors (Lipinski definition) is 3. The highest BCUT2D eigenvalue weighted by molar-refractivity contribution is 7.88. The van der Waals surface area contributed by atoms with Gasteiger partial charge in [-0.25, -0.2) is 17.5 Å². The van der Waals surface area contributed by atoms with Crippen molar-refractivity contribution in [2.24, 2.45) is 0 Å². The van der Waals surface area contributed by atoms with Gasteiger partial charge in [0.1, 0.15) is 5.82 Å². The van der Waals surface area contributed by atoms with E-state index >= 15 is 0 Å². The first-order valence-corrected chi connectivity index (χ1v) is 7.24. The second-order valence-electron chi connectivity index (χ2n) is 3.80. The average molecular weight is 274 g/mol. The van der Waals surface area contributed by atoms with Gasteiger partial charge in [0.15, 0.2) is 0 Å². The number of amides is 1. The number of hydrogen-bond donors (Lipinski definition) is 2. The number of sulfonamides is 1. The quantitative estimate of drug-likeness (QED) is 0.836. The molecule has 0 atom stereocenters. The SMILES string of the molecule is CCc1ccc(NC(=O)CNS(C)(=O)=O)cc1F. The number of rotatable bonds is 5. The summed E-state index contributed by atoms with van der Waals surface area (Å²) in [6.07, 6.45) is 1.52. The third kappa shape index (κ3) is 4.80. The zero-order chi connectivity index (χ0) is 13.8. The van der Waals surface area contributed by atoms with E-state index in [2.05, 4.69) is 5.32 Å². The number of aryl methyl sites for hydroxylation is 1. The van der Waals surface area contributed by atoms with Crippen molar-refractivity contribution in [1.82, 2.24) is 4.72 Å². The third-order valence-corrected chi connectivity index (χ3v) is 2.88. The van der Waals surface area contributed by atoms with Crippen molar-refractivity contribution < 1.29 is 17.6 Å². The Balaban J connectivity index is 2.62. The van der Waals surface area contributed by atoms with Crippen LogP contribution in [-0.4, -0.2) is 27.1 Å². The first kappa shape index (κ1) is 14.6. The molecule has 0 aromatic heterocycles. The Morgan fingerprint density at radius 3 is 2.56 bits per heavy atom. The number of benzene rings is 1. The van der Waals surface area contributed by atoms with Crippen LogP contribution in [0.3, 0.4) is 0 Å². The normalized spacial score (nSPS) is 11.3. The number of carbonyl (C=O) groups is 1. The second kappa shape index (κ2) is 5.92. The van der Waals surface area contributed by atoms with Crippen LogP contribution in [-0.2, 0) is 21.2 Å². The molecule has 0 aliphatic rings. The van der Waals surface area contributed by atoms with E-state index in [1.54, 1.807) is 12.1 Å². The lowest BCUT2D eigenvalue weighted by molar-refractivity contribution is -0.115. The molecule has 1 amide bonds. The van der Waals surface area contributed by atoms with E-state index in [-0.39, 0.29) is 6.54 Å². The van der Waals surface area contributed by atoms with Gasteiger partial charge in [-0.2, -0.15) is 0 Å². The highest BCUT2D eigenvalue weighted by Crippen LogP contribution is 2.14. The largest absolute Gasteiger partial charge is 0.325 e. The van der Waals surface area contributed by atoms with E-state index in [1.807, 2.05) is 11.6 Å². The first-order valence-electron chi connectivity index (χ1n) is 5.34. The molecule has 100 valence electrons. The highest BCUT2D eigenvalue weighted by atomic mass is 32.2. The van der Waals surface area contributed by atoms with Crippen LogP contribution in [0.25, 0.3) is 0 Å². The fourth-order valence-corrected chi connectivity index (χ4v) is 1.71. The van der Waals surface area contributed by atoms with Crippen molar-refractivity contribution in [2.45, 2.75) is 13.3 Å². The predicted molar refractivity (Wildman–Crippen MR) is 67.3 cm³/mol. The molecule has 0 bridgehead atoms. The molecular formula is C11H15FN2O3S. The van der Waals surface area contributed by atoms with Gasteiger partial charge in [-0.1, -0.05) is 13.0 Å². The van der Waals surface area contributed by atoms with Crippen molar-refractivity contribution >= 4 is 21.6 Å². The Bertz CT molecular complexity index is 543. The number of nitrogens with one attached hydrogen (secondary N) is 2. The number of halogens is 1. The Hall–Kier alpha value is -1.47. The molecule has 0 unspecified atom stereocenters. The topological polar surface area (TPSA) is 75.3 Å². The molecule has 7 heteroatoms. The number of anilines is 1. The van der Waals surface area contributed by atoms with Gasteiger partial charge >= 0.3 is 0 Å². The molecule has 5 nitrogen and oxygen atoms in total. The van der Waals surface area contributed by atoms with Crippen LogP contribution in [0.15, 0.2) is 18.2 Å². The maximum absolute atomic E-state index is 13.4. The lowest BCUT2D eigenvalue weighted by Crippen LogP contribution is -2.32. The Kier molecular flexibility index (Phi) is 4.80. The van der Waals surface area contributed by atoms with Gasteiger partial charge in [0.05, 0.1) is 12.8 Å². The first-order chi connectivity index (χ1) is 8.31. The zero-order valence-corrected chi connectivity index (χ0v) is 11.0. The lowest BCUT2D eigenvalue weighted by atomic mass is 10.1. The van der Waals surface area contributed by atoms with Gasteiger partial charge in [-0.05, 0) is 24.1 Å². The average Bonchev–Trinajstić information content (AvgIpc) is 2.26. The molecule has 0 saturated carbocycles. The van der Waals surface area contributed by atoms with E-state index in [4.69, 9.17) is 0 Å². The molecule has 18 heavy (non-hydrogen) atoms. The Labute approximate surface area is 105 Å². The maximum atomic E-state index is 13.4. The molecule has 1 aromatic carbocycles. The zero-order valence-electron chi connectivity index (χ0n) is 10.2. The van der Waals surface area contributed by atoms with Crippen LogP contribution < -0.4 is 10.0 Å². The minimum Gasteiger partial charge on any atom is -0.325 e. The van der Waals surface area contributed by atoms with Crippen LogP contribution in [0.5, 0.6) is 0 Å². The molecule has 0 aliphatic carbocycles. The summed E-state index contributed by atoms with van der Waals surface area (Å²) in [5, 5.41) is 2.40. The van der Waals surface area contributed by atoms with Gasteiger partial charge in [-0.15, -0.1) is 0 Å². The number of carbonyl (C=O) groups excluding carboxylic acids is 1. The van der Waals surface area contributed by atoms with E-state index in [1.165, 1.54) is 6.07 Å². The predicted octanol–water partition coefficient (Wildman–Crippen LogP) is 0.876. The van der Waals surface area contributed by atoms with Crippen molar-refractivity contribution in [3.63, 3.8) is 0 Å². The van der Waals surface area contributed by atoms with Gasteiger partial charge in [0, 0.05) is 5.69 Å². The summed E-state index contributed by atoms with van der Waals surface area (Å²) in [6.45, 7) is 1.45. The molecule has 0 fully saturated rings. The van der Waals surface area contributed by atoms with E-state index in [9.17, 15) is 17.6 Å². The molecule has 0 spiro atoms. The molecule has 0 heterocycles. The van der Waals surface area contributed by atoms with Gasteiger partial charge < -0.3 is 5.32 Å². The maximum Gasteiger partial charge on any atom is 0.239 e. The Morgan fingerprint density at radius 2 is 2.06 bits per heavy atom. The van der Waals surface area contributed by atoms with Crippen molar-refractivity contribution in [3.8, 4) is 0 Å². The minimum atomic E-state index is -3.42. The van der Waals surface area contributed by atoms with Gasteiger partial charge in [0.25, 0.3) is 0 Å². The summed E-state index contributed by atoms with van der Waals surface area (Å²) >= 11 is 0. The molecule has 1 rings (SSSR count). The van der Waals surface area contributed by atoms with Crippen molar-refractivity contribution in [2.75, 3.05) is 18.1 Å². The van der Waals surface area contributed by atoms with Gasteiger partial charge in [-0.3, -0.25) is 4.79 Å². The molecule has 1 aromatic rings. The van der Waals surface area contributed by atoms with E-state index in [0.717, 1.165) is 6.26 Å². The van der Waals surface area contributed by atoms with Crippen molar-refractivity contribution in [3.05, 3.63) is 29.6 Å². The van der Waals surface area contributed by atoms with E-state index in [0.29, 0.717) is 17.7 Å². The molecular weight excluding hydrogens is 259 g/mol. The summed E-state index contributed by atoms with van der Waals surface area (Å²) in [6, 6.07) is 4.35. The minimum absolute atomic E-state index is 0.296. The summed E-state index contributed by atoms with van der Waals surface area (Å²) in [5.41, 5.74) is 0.854. The fourth-order valence-electron chi connectivity index (χ4n) is 1.31. The van der Waals surface area contributed by atoms with Crippen LogP contribution in [0.4, 0.5) is 10.1 Å². The second-order valence-corrected chi connectivity index (χ2v) is 5.63. The highest BCUT2D eigenvalue weighted by Gasteiger charge is 2.08. The van der Waals surface area contributed by atoms with Crippen molar-refractivity contribution in [1.29, 1.82) is 0 Å². The standard InChI is InChI=1S/C11H15FN2O3S/c1-3-8-4-5-9(6-10(8)12)14-11(15)7-13-18(2,16)17/h4-6,13H,3,7H2,1-2H3,(H,14,15). The van der Waals surface area contributed by atoms with Crippen LogP contribution in [0.1, 0.15) is 12.5 Å². The summed E-state index contributed by atoms with van der Waals surface area (Å²) in [4.78, 5) is 11.4. The van der Waals surface area contributed by atoms with Crippen LogP contribution in [0, 0.1) is 5.82 Å². The monoisotopic (exact) mass is 274 g/mol. The molecule has 0 aliphatic heterocycles. The summed E-state index contributed by atoms with van der Waals surface area (Å²) < 4.78 is 37.0. The molecule has 0 saturated heterocycles. The summed E-state index contributed by atoms with van der Waals surface area (Å²) in [5.74, 6) is -0.949. The Morgan fingerprint density at radius 1 is 1.39 bits per heavy atom. The van der Waals surface area contributed by atoms with E-state index < -0.39 is 21.7 Å².